The monoisotopic (exact) mass is 384 g/mol. The molecule has 0 aliphatic heterocycles. The molecule has 1 unspecified atom stereocenters. The van der Waals surface area contributed by atoms with Gasteiger partial charge in [-0.1, -0.05) is 12.1 Å². The lowest BCUT2D eigenvalue weighted by molar-refractivity contribution is -0.118. The molecule has 3 rings (SSSR count). The van der Waals surface area contributed by atoms with E-state index in [1.54, 1.807) is 30.3 Å². The maximum absolute atomic E-state index is 14.3. The Morgan fingerprint density at radius 2 is 1.57 bits per heavy atom. The van der Waals surface area contributed by atoms with E-state index in [0.717, 1.165) is 5.56 Å². The average Bonchev–Trinajstić information content (AvgIpc) is 2.66. The molecule has 6 heteroatoms. The molecule has 3 nitrogen and oxygen atoms in total. The number of nitrogens with two attached hydrogens (primary N) is 1. The van der Waals surface area contributed by atoms with E-state index in [1.165, 1.54) is 30.3 Å². The Balaban J connectivity index is 1.91. The number of carbonyl (C=O) groups is 1. The van der Waals surface area contributed by atoms with E-state index in [4.69, 9.17) is 5.73 Å². The van der Waals surface area contributed by atoms with Gasteiger partial charge in [-0.05, 0) is 67.3 Å². The number of amides is 1. The molecule has 28 heavy (non-hydrogen) atoms. The second kappa shape index (κ2) is 8.69. The van der Waals surface area contributed by atoms with Crippen LogP contribution in [0.2, 0.25) is 0 Å². The van der Waals surface area contributed by atoms with Crippen molar-refractivity contribution in [2.75, 3.05) is 0 Å². The highest BCUT2D eigenvalue weighted by atomic mass is 19.1. The summed E-state index contributed by atoms with van der Waals surface area (Å²) in [6.45, 7) is 0. The van der Waals surface area contributed by atoms with Crippen LogP contribution in [0, 0.1) is 17.5 Å². The van der Waals surface area contributed by atoms with Crippen LogP contribution in [-0.4, -0.2) is 10.9 Å². The molecule has 1 atom stereocenters. The number of hydrogen-bond donors (Lipinski definition) is 1. The van der Waals surface area contributed by atoms with E-state index < -0.39 is 23.5 Å². The number of aromatic nitrogens is 1. The fourth-order valence-electron chi connectivity index (χ4n) is 3.19. The zero-order valence-electron chi connectivity index (χ0n) is 15.0. The van der Waals surface area contributed by atoms with Crippen molar-refractivity contribution in [3.63, 3.8) is 0 Å². The Morgan fingerprint density at radius 1 is 0.929 bits per heavy atom. The Morgan fingerprint density at radius 3 is 2.21 bits per heavy atom. The van der Waals surface area contributed by atoms with Crippen LogP contribution in [0.1, 0.15) is 30.0 Å². The van der Waals surface area contributed by atoms with Crippen molar-refractivity contribution in [1.29, 1.82) is 0 Å². The van der Waals surface area contributed by atoms with Gasteiger partial charge in [-0.15, -0.1) is 0 Å². The van der Waals surface area contributed by atoms with E-state index in [1.807, 2.05) is 0 Å². The summed E-state index contributed by atoms with van der Waals surface area (Å²) in [7, 11) is 0. The molecule has 0 saturated carbocycles. The zero-order valence-corrected chi connectivity index (χ0v) is 15.0. The minimum atomic E-state index is -0.663. The van der Waals surface area contributed by atoms with Gasteiger partial charge in [-0.2, -0.15) is 0 Å². The van der Waals surface area contributed by atoms with Gasteiger partial charge in [-0.25, -0.2) is 13.2 Å². The third-order valence-electron chi connectivity index (χ3n) is 4.55. The minimum Gasteiger partial charge on any atom is -0.370 e. The third-order valence-corrected chi connectivity index (χ3v) is 4.55. The van der Waals surface area contributed by atoms with Gasteiger partial charge in [0.05, 0.1) is 5.69 Å². The van der Waals surface area contributed by atoms with Crippen LogP contribution in [0.3, 0.4) is 0 Å². The molecule has 0 aliphatic rings. The molecule has 0 radical (unpaired) electrons. The average molecular weight is 384 g/mol. The van der Waals surface area contributed by atoms with E-state index in [9.17, 15) is 18.0 Å². The fraction of sp³-hybridized carbons (Fsp3) is 0.182. The van der Waals surface area contributed by atoms with Crippen molar-refractivity contribution < 1.29 is 18.0 Å². The quantitative estimate of drug-likeness (QED) is 0.639. The first-order chi connectivity index (χ1) is 13.4. The summed E-state index contributed by atoms with van der Waals surface area (Å²) < 4.78 is 41.7. The summed E-state index contributed by atoms with van der Waals surface area (Å²) in [5.74, 6) is -2.80. The van der Waals surface area contributed by atoms with Gasteiger partial charge in [0.2, 0.25) is 5.91 Å². The molecule has 2 N–H and O–H groups in total. The number of halogens is 3. The predicted molar refractivity (Wildman–Crippen MR) is 101 cm³/mol. The predicted octanol–water partition coefficient (Wildman–Crippen LogP) is 4.76. The van der Waals surface area contributed by atoms with Crippen LogP contribution >= 0.6 is 0 Å². The molecule has 0 aliphatic carbocycles. The number of carbonyl (C=O) groups excluding carboxylic acids is 1. The first-order valence-corrected chi connectivity index (χ1v) is 8.88. The topological polar surface area (TPSA) is 56.0 Å². The number of rotatable bonds is 7. The lowest BCUT2D eigenvalue weighted by Crippen LogP contribution is -2.15. The number of pyridine rings is 1. The van der Waals surface area contributed by atoms with Gasteiger partial charge in [0, 0.05) is 23.2 Å². The van der Waals surface area contributed by atoms with Crippen molar-refractivity contribution in [3.8, 4) is 11.3 Å². The molecule has 144 valence electrons. The summed E-state index contributed by atoms with van der Waals surface area (Å²) in [6, 6.07) is 14.9. The van der Waals surface area contributed by atoms with Crippen LogP contribution in [0.15, 0.2) is 60.7 Å². The van der Waals surface area contributed by atoms with Crippen LogP contribution in [0.4, 0.5) is 13.2 Å². The van der Waals surface area contributed by atoms with Crippen molar-refractivity contribution in [2.45, 2.75) is 25.2 Å². The minimum absolute atomic E-state index is 0.0100. The van der Waals surface area contributed by atoms with Crippen molar-refractivity contribution in [1.82, 2.24) is 4.98 Å². The standard InChI is InChI=1S/C22H19F3N2O/c23-16-10-7-14(8-11-16)20-6-1-3-17(27-20)13-15(9-12-21(26)28)22-18(24)4-2-5-19(22)25/h1-8,10-11,15H,9,12-13H2,(H2,26,28). The largest absolute Gasteiger partial charge is 0.370 e. The van der Waals surface area contributed by atoms with Gasteiger partial charge in [0.25, 0.3) is 0 Å². The molecule has 0 spiro atoms. The molecule has 1 heterocycles. The van der Waals surface area contributed by atoms with Gasteiger partial charge >= 0.3 is 0 Å². The van der Waals surface area contributed by atoms with Crippen molar-refractivity contribution in [3.05, 3.63) is 89.4 Å². The highest BCUT2D eigenvalue weighted by molar-refractivity contribution is 5.73. The Kier molecular flexibility index (Phi) is 6.09. The smallest absolute Gasteiger partial charge is 0.217 e. The first kappa shape index (κ1) is 19.6. The Hall–Kier alpha value is -3.15. The van der Waals surface area contributed by atoms with Crippen molar-refractivity contribution >= 4 is 5.91 Å². The maximum atomic E-state index is 14.3. The number of benzene rings is 2. The Bertz CT molecular complexity index is 954. The fourth-order valence-corrected chi connectivity index (χ4v) is 3.19. The van der Waals surface area contributed by atoms with Crippen LogP contribution in [0.25, 0.3) is 11.3 Å². The second-order valence-electron chi connectivity index (χ2n) is 6.56. The van der Waals surface area contributed by atoms with E-state index in [0.29, 0.717) is 11.4 Å². The number of nitrogens with zero attached hydrogens (tertiary/aromatic N) is 1. The van der Waals surface area contributed by atoms with Crippen LogP contribution in [-0.2, 0) is 11.2 Å². The van der Waals surface area contributed by atoms with E-state index in [-0.39, 0.29) is 30.6 Å². The van der Waals surface area contributed by atoms with E-state index >= 15 is 0 Å². The van der Waals surface area contributed by atoms with Crippen LogP contribution < -0.4 is 5.73 Å². The molecule has 1 aromatic heterocycles. The summed E-state index contributed by atoms with van der Waals surface area (Å²) in [5, 5.41) is 0. The van der Waals surface area contributed by atoms with Gasteiger partial charge in [-0.3, -0.25) is 9.78 Å². The second-order valence-corrected chi connectivity index (χ2v) is 6.56. The van der Waals surface area contributed by atoms with Crippen molar-refractivity contribution in [2.24, 2.45) is 5.73 Å². The maximum Gasteiger partial charge on any atom is 0.217 e. The lowest BCUT2D eigenvalue weighted by Gasteiger charge is -2.18. The molecule has 3 aromatic rings. The lowest BCUT2D eigenvalue weighted by atomic mass is 9.88. The highest BCUT2D eigenvalue weighted by Gasteiger charge is 2.22. The Labute approximate surface area is 161 Å². The van der Waals surface area contributed by atoms with E-state index in [2.05, 4.69) is 4.98 Å². The summed E-state index contributed by atoms with van der Waals surface area (Å²) in [6.07, 6.45) is 0.450. The first-order valence-electron chi connectivity index (χ1n) is 8.88. The molecular formula is C22H19F3N2O. The summed E-state index contributed by atoms with van der Waals surface area (Å²) in [5.41, 5.74) is 7.12. The van der Waals surface area contributed by atoms with Gasteiger partial charge in [0.1, 0.15) is 17.5 Å². The molecule has 0 saturated heterocycles. The zero-order chi connectivity index (χ0) is 20.1. The molecule has 1 amide bonds. The van der Waals surface area contributed by atoms with Gasteiger partial charge in [0.15, 0.2) is 0 Å². The summed E-state index contributed by atoms with van der Waals surface area (Å²) >= 11 is 0. The normalized spacial score (nSPS) is 12.0. The third kappa shape index (κ3) is 4.76. The van der Waals surface area contributed by atoms with Gasteiger partial charge < -0.3 is 5.73 Å². The SMILES string of the molecule is NC(=O)CCC(Cc1cccc(-c2ccc(F)cc2)n1)c1c(F)cccc1F. The molecular weight excluding hydrogens is 365 g/mol. The highest BCUT2D eigenvalue weighted by Crippen LogP contribution is 2.30. The van der Waals surface area contributed by atoms with Crippen LogP contribution in [0.5, 0.6) is 0 Å². The number of hydrogen-bond acceptors (Lipinski definition) is 2. The molecule has 2 aromatic carbocycles. The number of primary amides is 1. The molecule has 0 fully saturated rings. The molecule has 0 bridgehead atoms. The summed E-state index contributed by atoms with van der Waals surface area (Å²) in [4.78, 5) is 15.8.